The summed E-state index contributed by atoms with van der Waals surface area (Å²) in [4.78, 5) is 0. The molecule has 0 saturated carbocycles. The minimum absolute atomic E-state index is 0.0160. The van der Waals surface area contributed by atoms with Crippen LogP contribution in [0.1, 0.15) is 39.2 Å². The molecule has 0 aliphatic heterocycles. The molecule has 0 radical (unpaired) electrons. The van der Waals surface area contributed by atoms with Gasteiger partial charge in [0.05, 0.1) is 11.1 Å². The van der Waals surface area contributed by atoms with Gasteiger partial charge in [-0.3, -0.25) is 0 Å². The fourth-order valence-electron chi connectivity index (χ4n) is 2.08. The molecule has 0 saturated heterocycles. The second-order valence-corrected chi connectivity index (χ2v) is 6.32. The van der Waals surface area contributed by atoms with Gasteiger partial charge in [0.2, 0.25) is 5.95 Å². The van der Waals surface area contributed by atoms with Gasteiger partial charge in [0.15, 0.2) is 0 Å². The van der Waals surface area contributed by atoms with Gasteiger partial charge in [-0.15, -0.1) is 0 Å². The number of aromatic nitrogens is 4. The molecule has 0 amide bonds. The molecule has 0 atom stereocenters. The summed E-state index contributed by atoms with van der Waals surface area (Å²) in [5, 5.41) is 16.0. The van der Waals surface area contributed by atoms with Crippen molar-refractivity contribution in [3.63, 3.8) is 0 Å². The molecule has 0 aliphatic rings. The van der Waals surface area contributed by atoms with Gasteiger partial charge >= 0.3 is 0 Å². The summed E-state index contributed by atoms with van der Waals surface area (Å²) < 4.78 is 7.56. The molecule has 2 rings (SSSR count). The number of rotatable bonds is 8. The van der Waals surface area contributed by atoms with Gasteiger partial charge in [-0.2, -0.15) is 0 Å². The number of anilines is 1. The molecule has 1 aromatic heterocycles. The number of nitrogens with one attached hydrogen (secondary N) is 1. The molecule has 1 aromatic carbocycles. The van der Waals surface area contributed by atoms with Crippen LogP contribution in [0.2, 0.25) is 10.0 Å². The predicted octanol–water partition coefficient (Wildman–Crippen LogP) is 4.18. The summed E-state index contributed by atoms with van der Waals surface area (Å²) in [7, 11) is 0. The first-order valence-electron chi connectivity index (χ1n) is 7.65. The third-order valence-corrected chi connectivity index (χ3v) is 3.63. The number of aryl methyl sites for hydroxylation is 1. The van der Waals surface area contributed by atoms with Gasteiger partial charge < -0.3 is 10.1 Å². The van der Waals surface area contributed by atoms with E-state index in [0.717, 1.165) is 24.9 Å². The fraction of sp³-hybridized carbons (Fsp3) is 0.533. The fourth-order valence-corrected chi connectivity index (χ4v) is 2.66. The summed E-state index contributed by atoms with van der Waals surface area (Å²) >= 11 is 12.4. The van der Waals surface area contributed by atoms with Crippen molar-refractivity contribution in [1.82, 2.24) is 20.2 Å². The van der Waals surface area contributed by atoms with Crippen LogP contribution < -0.4 is 10.1 Å². The lowest BCUT2D eigenvalue weighted by molar-refractivity contribution is 0.240. The highest BCUT2D eigenvalue weighted by Crippen LogP contribution is 2.33. The first-order valence-corrected chi connectivity index (χ1v) is 8.41. The van der Waals surface area contributed by atoms with Crippen LogP contribution in [0.25, 0.3) is 0 Å². The van der Waals surface area contributed by atoms with Crippen LogP contribution in [0.5, 0.6) is 5.75 Å². The predicted molar refractivity (Wildman–Crippen MR) is 92.3 cm³/mol. The molecule has 8 heteroatoms. The Bertz CT molecular complexity index is 645. The molecule has 1 heterocycles. The van der Waals surface area contributed by atoms with Crippen LogP contribution in [0, 0.1) is 0 Å². The number of halogens is 2. The standard InChI is InChI=1S/C15H21Cl2N5O/c1-4-5-6-22-15(19-20-21-22)18-9-11-7-12(16)8-13(17)14(11)23-10(2)3/h7-8,10H,4-6,9H2,1-3H3,(H,18,19,21). The van der Waals surface area contributed by atoms with E-state index in [2.05, 4.69) is 27.8 Å². The largest absolute Gasteiger partial charge is 0.489 e. The third kappa shape index (κ3) is 4.97. The number of hydrogen-bond acceptors (Lipinski definition) is 5. The first kappa shape index (κ1) is 17.8. The van der Waals surface area contributed by atoms with E-state index in [1.807, 2.05) is 19.9 Å². The van der Waals surface area contributed by atoms with E-state index in [-0.39, 0.29) is 6.10 Å². The minimum Gasteiger partial charge on any atom is -0.489 e. The van der Waals surface area contributed by atoms with Crippen molar-refractivity contribution < 1.29 is 4.74 Å². The monoisotopic (exact) mass is 357 g/mol. The zero-order valence-electron chi connectivity index (χ0n) is 13.5. The molecule has 1 N–H and O–H groups in total. The quantitative estimate of drug-likeness (QED) is 0.767. The van der Waals surface area contributed by atoms with Crippen molar-refractivity contribution in [1.29, 1.82) is 0 Å². The Morgan fingerprint density at radius 2 is 2.09 bits per heavy atom. The highest BCUT2D eigenvalue weighted by atomic mass is 35.5. The third-order valence-electron chi connectivity index (χ3n) is 3.13. The number of benzene rings is 1. The smallest absolute Gasteiger partial charge is 0.243 e. The summed E-state index contributed by atoms with van der Waals surface area (Å²) in [5.41, 5.74) is 0.862. The van der Waals surface area contributed by atoms with Gasteiger partial charge in [-0.25, -0.2) is 4.68 Å². The van der Waals surface area contributed by atoms with E-state index in [9.17, 15) is 0 Å². The molecule has 2 aromatic rings. The zero-order chi connectivity index (χ0) is 16.8. The number of hydrogen-bond donors (Lipinski definition) is 1. The van der Waals surface area contributed by atoms with Crippen LogP contribution in [0.4, 0.5) is 5.95 Å². The lowest BCUT2D eigenvalue weighted by atomic mass is 10.2. The maximum Gasteiger partial charge on any atom is 0.243 e. The Kier molecular flexibility index (Phi) is 6.47. The molecular formula is C15H21Cl2N5O. The Labute approximate surface area is 146 Å². The van der Waals surface area contributed by atoms with Crippen LogP contribution in [-0.2, 0) is 13.1 Å². The number of unbranched alkanes of at least 4 members (excludes halogenated alkanes) is 1. The lowest BCUT2D eigenvalue weighted by Gasteiger charge is -2.17. The maximum atomic E-state index is 6.26. The topological polar surface area (TPSA) is 64.9 Å². The Balaban J connectivity index is 2.15. The lowest BCUT2D eigenvalue weighted by Crippen LogP contribution is -2.12. The molecule has 0 aliphatic carbocycles. The van der Waals surface area contributed by atoms with Crippen LogP contribution in [0.15, 0.2) is 12.1 Å². The molecule has 126 valence electrons. The van der Waals surface area contributed by atoms with Crippen molar-refractivity contribution in [2.24, 2.45) is 0 Å². The van der Waals surface area contributed by atoms with E-state index in [0.29, 0.717) is 28.3 Å². The molecule has 0 spiro atoms. The highest BCUT2D eigenvalue weighted by molar-refractivity contribution is 6.35. The Morgan fingerprint density at radius 1 is 1.30 bits per heavy atom. The van der Waals surface area contributed by atoms with E-state index in [1.165, 1.54) is 0 Å². The Hall–Kier alpha value is -1.53. The van der Waals surface area contributed by atoms with E-state index in [1.54, 1.807) is 10.7 Å². The van der Waals surface area contributed by atoms with E-state index >= 15 is 0 Å². The highest BCUT2D eigenvalue weighted by Gasteiger charge is 2.14. The molecule has 0 fully saturated rings. The maximum absolute atomic E-state index is 6.26. The van der Waals surface area contributed by atoms with Gasteiger partial charge in [0.25, 0.3) is 0 Å². The summed E-state index contributed by atoms with van der Waals surface area (Å²) in [6.07, 6.45) is 2.11. The van der Waals surface area contributed by atoms with Crippen molar-refractivity contribution in [2.75, 3.05) is 5.32 Å². The van der Waals surface area contributed by atoms with Crippen LogP contribution in [0.3, 0.4) is 0 Å². The average Bonchev–Trinajstić information content (AvgIpc) is 2.93. The van der Waals surface area contributed by atoms with Crippen molar-refractivity contribution in [3.8, 4) is 5.75 Å². The zero-order valence-corrected chi connectivity index (χ0v) is 15.0. The second-order valence-electron chi connectivity index (χ2n) is 5.48. The molecule has 23 heavy (non-hydrogen) atoms. The molecular weight excluding hydrogens is 337 g/mol. The first-order chi connectivity index (χ1) is 11.0. The van der Waals surface area contributed by atoms with Crippen LogP contribution >= 0.6 is 23.2 Å². The van der Waals surface area contributed by atoms with Crippen molar-refractivity contribution in [3.05, 3.63) is 27.7 Å². The Morgan fingerprint density at radius 3 is 2.78 bits per heavy atom. The van der Waals surface area contributed by atoms with Gasteiger partial charge in [0.1, 0.15) is 5.75 Å². The van der Waals surface area contributed by atoms with E-state index in [4.69, 9.17) is 27.9 Å². The minimum atomic E-state index is 0.0160. The van der Waals surface area contributed by atoms with Crippen LogP contribution in [-0.4, -0.2) is 26.3 Å². The number of tetrazole rings is 1. The van der Waals surface area contributed by atoms with Gasteiger partial charge in [0, 0.05) is 23.7 Å². The SMILES string of the molecule is CCCCn1nnnc1NCc1cc(Cl)cc(Cl)c1OC(C)C. The van der Waals surface area contributed by atoms with E-state index < -0.39 is 0 Å². The molecule has 6 nitrogen and oxygen atoms in total. The summed E-state index contributed by atoms with van der Waals surface area (Å²) in [6.45, 7) is 7.27. The summed E-state index contributed by atoms with van der Waals surface area (Å²) in [6, 6.07) is 3.51. The number of nitrogens with zero attached hydrogens (tertiary/aromatic N) is 4. The van der Waals surface area contributed by atoms with Crippen molar-refractivity contribution >= 4 is 29.2 Å². The molecule has 0 bridgehead atoms. The summed E-state index contributed by atoms with van der Waals surface area (Å²) in [5.74, 6) is 1.25. The van der Waals surface area contributed by atoms with Gasteiger partial charge in [-0.1, -0.05) is 41.6 Å². The number of ether oxygens (including phenoxy) is 1. The average molecular weight is 358 g/mol. The van der Waals surface area contributed by atoms with Gasteiger partial charge in [-0.05, 0) is 42.8 Å². The normalized spacial score (nSPS) is 11.0. The van der Waals surface area contributed by atoms with Crippen molar-refractivity contribution in [2.45, 2.75) is 52.8 Å². The second kappa shape index (κ2) is 8.36. The molecule has 0 unspecified atom stereocenters.